The van der Waals surface area contributed by atoms with Crippen molar-refractivity contribution in [3.63, 3.8) is 0 Å². The highest BCUT2D eigenvalue weighted by molar-refractivity contribution is 7.14. The number of nitrogens with one attached hydrogen (secondary N) is 1. The van der Waals surface area contributed by atoms with Crippen LogP contribution in [0.4, 0.5) is 4.79 Å². The lowest BCUT2D eigenvalue weighted by atomic mass is 10.2. The summed E-state index contributed by atoms with van der Waals surface area (Å²) in [6.45, 7) is 5.92. The highest BCUT2D eigenvalue weighted by Crippen LogP contribution is 2.25. The van der Waals surface area contributed by atoms with Gasteiger partial charge in [0, 0.05) is 29.3 Å². The van der Waals surface area contributed by atoms with Gasteiger partial charge in [-0.25, -0.2) is 9.78 Å². The van der Waals surface area contributed by atoms with Gasteiger partial charge in [-0.2, -0.15) is 11.3 Å². The van der Waals surface area contributed by atoms with Crippen molar-refractivity contribution in [2.75, 3.05) is 6.54 Å². The molecule has 0 saturated carbocycles. The largest absolute Gasteiger partial charge is 0.459 e. The fourth-order valence-corrected chi connectivity index (χ4v) is 3.37. The Morgan fingerprint density at radius 1 is 1.28 bits per heavy atom. The van der Waals surface area contributed by atoms with Crippen LogP contribution in [0, 0.1) is 0 Å². The van der Waals surface area contributed by atoms with E-state index in [1.807, 2.05) is 22.2 Å². The van der Waals surface area contributed by atoms with E-state index in [1.165, 1.54) is 11.3 Å². The molecule has 0 fully saturated rings. The second-order valence-electron chi connectivity index (χ2n) is 6.35. The van der Waals surface area contributed by atoms with Crippen LogP contribution < -0.4 is 5.32 Å². The number of carbonyl (C=O) groups excluding carboxylic acids is 2. The van der Waals surface area contributed by atoms with Gasteiger partial charge in [0.15, 0.2) is 0 Å². The monoisotopic (exact) mass is 382 g/mol. The second-order valence-corrected chi connectivity index (χ2v) is 7.99. The first-order chi connectivity index (χ1) is 11.8. The molecule has 0 aliphatic rings. The van der Waals surface area contributed by atoms with E-state index in [0.717, 1.165) is 16.3 Å². The molecule has 8 heteroatoms. The minimum absolute atomic E-state index is 0.166. The summed E-state index contributed by atoms with van der Waals surface area (Å²) in [6, 6.07) is 2.01. The number of ether oxygens (including phenoxy) is 2. The fraction of sp³-hybridized carbons (Fsp3) is 0.471. The van der Waals surface area contributed by atoms with Crippen molar-refractivity contribution >= 4 is 34.7 Å². The maximum absolute atomic E-state index is 11.7. The molecule has 0 bridgehead atoms. The van der Waals surface area contributed by atoms with E-state index in [4.69, 9.17) is 9.47 Å². The number of carbonyl (C=O) groups is 2. The Balaban J connectivity index is 1.62. The van der Waals surface area contributed by atoms with Crippen LogP contribution in [0.15, 0.2) is 22.2 Å². The first-order valence-electron chi connectivity index (χ1n) is 7.93. The summed E-state index contributed by atoms with van der Waals surface area (Å²) < 4.78 is 10.3. The van der Waals surface area contributed by atoms with Gasteiger partial charge >= 0.3 is 12.1 Å². The van der Waals surface area contributed by atoms with Crippen LogP contribution in [-0.2, 0) is 20.9 Å². The molecule has 0 aliphatic carbocycles. The summed E-state index contributed by atoms with van der Waals surface area (Å²) in [5.74, 6) is -0.309. The first-order valence-corrected chi connectivity index (χ1v) is 9.75. The maximum atomic E-state index is 11.7. The number of rotatable bonds is 7. The molecule has 0 atom stereocenters. The fourth-order valence-electron chi connectivity index (χ4n) is 1.86. The molecule has 0 saturated heterocycles. The van der Waals surface area contributed by atoms with E-state index in [0.29, 0.717) is 13.0 Å². The quantitative estimate of drug-likeness (QED) is 0.573. The Morgan fingerprint density at radius 3 is 2.76 bits per heavy atom. The van der Waals surface area contributed by atoms with Crippen LogP contribution in [0.1, 0.15) is 39.3 Å². The number of hydrogen-bond donors (Lipinski definition) is 1. The van der Waals surface area contributed by atoms with Crippen LogP contribution in [0.25, 0.3) is 10.6 Å². The van der Waals surface area contributed by atoms with Crippen LogP contribution in [0.5, 0.6) is 0 Å². The van der Waals surface area contributed by atoms with Crippen LogP contribution in [-0.4, -0.2) is 29.2 Å². The van der Waals surface area contributed by atoms with Crippen molar-refractivity contribution in [3.8, 4) is 10.6 Å². The van der Waals surface area contributed by atoms with Crippen LogP contribution in [0.3, 0.4) is 0 Å². The predicted octanol–water partition coefficient (Wildman–Crippen LogP) is 4.22. The van der Waals surface area contributed by atoms with Crippen molar-refractivity contribution < 1.29 is 19.1 Å². The van der Waals surface area contributed by atoms with Gasteiger partial charge in [-0.15, -0.1) is 11.3 Å². The molecule has 2 aromatic heterocycles. The van der Waals surface area contributed by atoms with E-state index in [9.17, 15) is 9.59 Å². The number of hydrogen-bond acceptors (Lipinski definition) is 7. The third kappa shape index (κ3) is 7.23. The van der Waals surface area contributed by atoms with E-state index < -0.39 is 11.7 Å². The number of thiazole rings is 1. The zero-order chi connectivity index (χ0) is 18.3. The number of thiophene rings is 1. The molecule has 136 valence electrons. The minimum Gasteiger partial charge on any atom is -0.459 e. The van der Waals surface area contributed by atoms with E-state index in [1.54, 1.807) is 32.1 Å². The Hall–Kier alpha value is -1.93. The zero-order valence-electron chi connectivity index (χ0n) is 14.5. The van der Waals surface area contributed by atoms with Crippen LogP contribution in [0.2, 0.25) is 0 Å². The van der Waals surface area contributed by atoms with Gasteiger partial charge in [0.25, 0.3) is 0 Å². The molecule has 2 rings (SSSR count). The molecule has 0 aliphatic heterocycles. The number of aromatic nitrogens is 1. The Labute approximate surface area is 155 Å². The molecule has 25 heavy (non-hydrogen) atoms. The normalized spacial score (nSPS) is 11.2. The van der Waals surface area contributed by atoms with E-state index in [-0.39, 0.29) is 19.0 Å². The highest BCUT2D eigenvalue weighted by Gasteiger charge is 2.15. The summed E-state index contributed by atoms with van der Waals surface area (Å²) >= 11 is 3.15. The topological polar surface area (TPSA) is 77.5 Å². The molecular formula is C17H22N2O4S2. The van der Waals surface area contributed by atoms with Crippen molar-refractivity contribution in [2.45, 2.75) is 45.8 Å². The van der Waals surface area contributed by atoms with Gasteiger partial charge in [-0.1, -0.05) is 0 Å². The lowest BCUT2D eigenvalue weighted by Crippen LogP contribution is -2.33. The molecule has 6 nitrogen and oxygen atoms in total. The highest BCUT2D eigenvalue weighted by atomic mass is 32.1. The van der Waals surface area contributed by atoms with E-state index in [2.05, 4.69) is 10.3 Å². The third-order valence-electron chi connectivity index (χ3n) is 2.93. The SMILES string of the molecule is CC(C)(C)OC(=O)NCCCC(=O)OCc1csc(-c2ccsc2)n1. The van der Waals surface area contributed by atoms with Gasteiger partial charge in [0.05, 0.1) is 5.69 Å². The van der Waals surface area contributed by atoms with Crippen molar-refractivity contribution in [1.29, 1.82) is 0 Å². The molecule has 0 radical (unpaired) electrons. The summed E-state index contributed by atoms with van der Waals surface area (Å²) in [5.41, 5.74) is 1.30. The number of amides is 1. The average molecular weight is 383 g/mol. The zero-order valence-corrected chi connectivity index (χ0v) is 16.2. The summed E-state index contributed by atoms with van der Waals surface area (Å²) in [4.78, 5) is 27.6. The molecule has 2 aromatic rings. The van der Waals surface area contributed by atoms with Crippen molar-refractivity contribution in [3.05, 3.63) is 27.9 Å². The Bertz CT molecular complexity index is 690. The van der Waals surface area contributed by atoms with Gasteiger partial charge in [-0.3, -0.25) is 4.79 Å². The van der Waals surface area contributed by atoms with Gasteiger partial charge in [-0.05, 0) is 38.6 Å². The van der Waals surface area contributed by atoms with Gasteiger partial charge in [0.1, 0.15) is 17.2 Å². The standard InChI is InChI=1S/C17H22N2O4S2/c1-17(2,3)23-16(21)18-7-4-5-14(20)22-9-13-11-25-15(19-13)12-6-8-24-10-12/h6,8,10-11H,4-5,7,9H2,1-3H3,(H,18,21). The lowest BCUT2D eigenvalue weighted by molar-refractivity contribution is -0.145. The summed E-state index contributed by atoms with van der Waals surface area (Å²) in [5, 5.41) is 9.46. The van der Waals surface area contributed by atoms with Crippen molar-refractivity contribution in [2.24, 2.45) is 0 Å². The third-order valence-corrected chi connectivity index (χ3v) is 4.55. The molecule has 1 N–H and O–H groups in total. The van der Waals surface area contributed by atoms with Crippen LogP contribution >= 0.6 is 22.7 Å². The molecule has 0 aromatic carbocycles. The van der Waals surface area contributed by atoms with Gasteiger partial charge in [0.2, 0.25) is 0 Å². The molecular weight excluding hydrogens is 360 g/mol. The summed E-state index contributed by atoms with van der Waals surface area (Å²) in [6.07, 6.45) is 0.247. The van der Waals surface area contributed by atoms with Crippen molar-refractivity contribution in [1.82, 2.24) is 10.3 Å². The molecule has 2 heterocycles. The predicted molar refractivity (Wildman–Crippen MR) is 98.7 cm³/mol. The maximum Gasteiger partial charge on any atom is 0.407 e. The average Bonchev–Trinajstić information content (AvgIpc) is 3.18. The van der Waals surface area contributed by atoms with Gasteiger partial charge < -0.3 is 14.8 Å². The molecule has 1 amide bonds. The number of nitrogens with zero attached hydrogens (tertiary/aromatic N) is 1. The smallest absolute Gasteiger partial charge is 0.407 e. The first kappa shape index (κ1) is 19.4. The Kier molecular flexibility index (Phi) is 6.95. The molecule has 0 spiro atoms. The number of alkyl carbamates (subject to hydrolysis) is 1. The lowest BCUT2D eigenvalue weighted by Gasteiger charge is -2.19. The minimum atomic E-state index is -0.529. The van der Waals surface area contributed by atoms with E-state index >= 15 is 0 Å². The number of esters is 1. The Morgan fingerprint density at radius 2 is 2.08 bits per heavy atom. The second kappa shape index (κ2) is 8.96. The molecule has 0 unspecified atom stereocenters. The summed E-state index contributed by atoms with van der Waals surface area (Å²) in [7, 11) is 0.